The molecule has 0 atom stereocenters. The van der Waals surface area contributed by atoms with Crippen LogP contribution < -0.4 is 9.47 Å². The number of carbonyl (C=O) groups is 1. The number of hydrogen-bond acceptors (Lipinski definition) is 6. The molecule has 1 aromatic heterocycles. The molecule has 0 fully saturated rings. The third-order valence-electron chi connectivity index (χ3n) is 4.25. The fourth-order valence-corrected chi connectivity index (χ4v) is 2.89. The fraction of sp³-hybridized carbons (Fsp3) is 0.0435. The van der Waals surface area contributed by atoms with Gasteiger partial charge in [-0.1, -0.05) is 36.4 Å². The van der Waals surface area contributed by atoms with E-state index < -0.39 is 5.97 Å². The highest BCUT2D eigenvalue weighted by Crippen LogP contribution is 2.14. The normalized spacial score (nSPS) is 10.8. The van der Waals surface area contributed by atoms with E-state index in [4.69, 9.17) is 21.7 Å². The van der Waals surface area contributed by atoms with E-state index in [2.05, 4.69) is 15.3 Å². The molecule has 0 saturated heterocycles. The van der Waals surface area contributed by atoms with Gasteiger partial charge in [0.2, 0.25) is 4.77 Å². The fourth-order valence-electron chi connectivity index (χ4n) is 2.69. The molecule has 0 aliphatic heterocycles. The molecule has 3 aromatic carbocycles. The van der Waals surface area contributed by atoms with E-state index in [0.29, 0.717) is 21.9 Å². The highest BCUT2D eigenvalue weighted by atomic mass is 32.1. The number of aromatic nitrogens is 3. The summed E-state index contributed by atoms with van der Waals surface area (Å²) in [5.41, 5.74) is 1.30. The van der Waals surface area contributed by atoms with Gasteiger partial charge in [0.05, 0.1) is 11.8 Å². The van der Waals surface area contributed by atoms with E-state index in [-0.39, 0.29) is 6.61 Å². The number of benzene rings is 3. The lowest BCUT2D eigenvalue weighted by atomic mass is 10.2. The summed E-state index contributed by atoms with van der Waals surface area (Å²) in [6.45, 7) is 0.211. The van der Waals surface area contributed by atoms with E-state index in [1.807, 2.05) is 36.4 Å². The number of rotatable bonds is 7. The van der Waals surface area contributed by atoms with Crippen LogP contribution in [-0.2, 0) is 6.61 Å². The monoisotopic (exact) mass is 430 g/mol. The zero-order valence-electron chi connectivity index (χ0n) is 16.3. The van der Waals surface area contributed by atoms with Crippen molar-refractivity contribution >= 4 is 24.4 Å². The van der Waals surface area contributed by atoms with E-state index in [9.17, 15) is 4.79 Å². The number of nitrogens with zero attached hydrogens (tertiary/aromatic N) is 3. The largest absolute Gasteiger partial charge is 0.486 e. The number of ether oxygens (including phenoxy) is 2. The van der Waals surface area contributed by atoms with Gasteiger partial charge in [0.15, 0.2) is 5.82 Å². The maximum absolute atomic E-state index is 12.1. The molecule has 1 heterocycles. The van der Waals surface area contributed by atoms with Crippen LogP contribution in [0.2, 0.25) is 0 Å². The van der Waals surface area contributed by atoms with Gasteiger partial charge in [0, 0.05) is 0 Å². The van der Waals surface area contributed by atoms with Gasteiger partial charge in [0.1, 0.15) is 18.1 Å². The summed E-state index contributed by atoms with van der Waals surface area (Å²) in [5, 5.41) is 11.3. The van der Waals surface area contributed by atoms with Crippen molar-refractivity contribution in [2.24, 2.45) is 5.10 Å². The predicted octanol–water partition coefficient (Wildman–Crippen LogP) is 4.62. The van der Waals surface area contributed by atoms with Crippen LogP contribution in [0.25, 0.3) is 0 Å². The van der Waals surface area contributed by atoms with Crippen LogP contribution in [-0.4, -0.2) is 27.1 Å². The van der Waals surface area contributed by atoms with Crippen LogP contribution in [0.3, 0.4) is 0 Å². The van der Waals surface area contributed by atoms with Gasteiger partial charge in [-0.15, -0.1) is 0 Å². The molecular formula is C23H18N4O3S. The zero-order chi connectivity index (χ0) is 21.5. The predicted molar refractivity (Wildman–Crippen MR) is 119 cm³/mol. The Kier molecular flexibility index (Phi) is 6.29. The Bertz CT molecular complexity index is 1230. The average Bonchev–Trinajstić information content (AvgIpc) is 3.17. The van der Waals surface area contributed by atoms with E-state index >= 15 is 0 Å². The lowest BCUT2D eigenvalue weighted by Gasteiger charge is -2.05. The second kappa shape index (κ2) is 9.64. The van der Waals surface area contributed by atoms with Gasteiger partial charge >= 0.3 is 5.97 Å². The molecular weight excluding hydrogens is 412 g/mol. The number of para-hydroxylation sites is 1. The van der Waals surface area contributed by atoms with Crippen molar-refractivity contribution in [2.45, 2.75) is 6.61 Å². The summed E-state index contributed by atoms with van der Waals surface area (Å²) in [6.07, 6.45) is 1.64. The highest BCUT2D eigenvalue weighted by molar-refractivity contribution is 7.71. The van der Waals surface area contributed by atoms with Crippen molar-refractivity contribution in [3.8, 4) is 11.5 Å². The van der Waals surface area contributed by atoms with Gasteiger partial charge in [-0.3, -0.25) is 0 Å². The smallest absolute Gasteiger partial charge is 0.343 e. The number of H-pyrrole nitrogens is 1. The summed E-state index contributed by atoms with van der Waals surface area (Å²) in [5.74, 6) is 1.31. The Labute approximate surface area is 183 Å². The Morgan fingerprint density at radius 1 is 0.968 bits per heavy atom. The Morgan fingerprint density at radius 3 is 2.35 bits per heavy atom. The molecule has 8 heteroatoms. The topological polar surface area (TPSA) is 81.5 Å². The first kappa shape index (κ1) is 20.2. The number of hydrogen-bond donors (Lipinski definition) is 1. The molecule has 0 amide bonds. The number of aromatic amines is 1. The van der Waals surface area contributed by atoms with E-state index in [1.54, 1.807) is 54.7 Å². The van der Waals surface area contributed by atoms with Gasteiger partial charge in [0.25, 0.3) is 0 Å². The molecule has 4 rings (SSSR count). The molecule has 0 aliphatic rings. The van der Waals surface area contributed by atoms with Gasteiger partial charge in [-0.2, -0.15) is 14.9 Å². The molecule has 0 bridgehead atoms. The molecule has 31 heavy (non-hydrogen) atoms. The summed E-state index contributed by atoms with van der Waals surface area (Å²) in [4.78, 5) is 12.1. The van der Waals surface area contributed by atoms with Crippen LogP contribution in [0.1, 0.15) is 21.7 Å². The van der Waals surface area contributed by atoms with Crippen molar-refractivity contribution in [1.29, 1.82) is 0 Å². The van der Waals surface area contributed by atoms with Crippen LogP contribution >= 0.6 is 12.2 Å². The summed E-state index contributed by atoms with van der Waals surface area (Å²) >= 11 is 5.25. The SMILES string of the molecule is O=C(Oc1ccc(/C=N\n2c(COc3ccccc3)n[nH]c2=S)cc1)c1ccccc1. The zero-order valence-corrected chi connectivity index (χ0v) is 17.2. The van der Waals surface area contributed by atoms with Crippen molar-refractivity contribution < 1.29 is 14.3 Å². The second-order valence-corrected chi connectivity index (χ2v) is 6.81. The minimum Gasteiger partial charge on any atom is -0.486 e. The van der Waals surface area contributed by atoms with Crippen LogP contribution in [0.4, 0.5) is 0 Å². The maximum Gasteiger partial charge on any atom is 0.343 e. The van der Waals surface area contributed by atoms with Crippen LogP contribution in [0.15, 0.2) is 90.0 Å². The molecule has 7 nitrogen and oxygen atoms in total. The first-order valence-electron chi connectivity index (χ1n) is 9.45. The van der Waals surface area contributed by atoms with E-state index in [1.165, 1.54) is 4.68 Å². The van der Waals surface area contributed by atoms with Gasteiger partial charge in [-0.05, 0) is 66.3 Å². The van der Waals surface area contributed by atoms with E-state index in [0.717, 1.165) is 11.3 Å². The average molecular weight is 430 g/mol. The van der Waals surface area contributed by atoms with Crippen LogP contribution in [0, 0.1) is 4.77 Å². The molecule has 0 unspecified atom stereocenters. The Hall–Kier alpha value is -4.04. The molecule has 0 saturated carbocycles. The second-order valence-electron chi connectivity index (χ2n) is 6.43. The Morgan fingerprint density at radius 2 is 1.65 bits per heavy atom. The lowest BCUT2D eigenvalue weighted by Crippen LogP contribution is -2.08. The standard InChI is InChI=1S/C23H18N4O3S/c28-22(18-7-3-1-4-8-18)30-20-13-11-17(12-14-20)15-24-27-21(25-26-23(27)31)16-29-19-9-5-2-6-10-19/h1-15H,16H2,(H,26,31)/b24-15-. The third kappa shape index (κ3) is 5.31. The summed E-state index contributed by atoms with van der Waals surface area (Å²) in [7, 11) is 0. The number of esters is 1. The summed E-state index contributed by atoms with van der Waals surface area (Å²) in [6, 6.07) is 25.3. The quantitative estimate of drug-likeness (QED) is 0.200. The minimum absolute atomic E-state index is 0.211. The van der Waals surface area contributed by atoms with Crippen molar-refractivity contribution in [1.82, 2.24) is 14.9 Å². The van der Waals surface area contributed by atoms with Crippen molar-refractivity contribution in [3.63, 3.8) is 0 Å². The lowest BCUT2D eigenvalue weighted by molar-refractivity contribution is 0.0735. The van der Waals surface area contributed by atoms with Gasteiger partial charge < -0.3 is 9.47 Å². The third-order valence-corrected chi connectivity index (χ3v) is 4.52. The molecule has 154 valence electrons. The number of nitrogens with one attached hydrogen (secondary N) is 1. The highest BCUT2D eigenvalue weighted by Gasteiger charge is 2.08. The van der Waals surface area contributed by atoms with Crippen LogP contribution in [0.5, 0.6) is 11.5 Å². The first-order valence-corrected chi connectivity index (χ1v) is 9.86. The molecule has 0 radical (unpaired) electrons. The first-order chi connectivity index (χ1) is 15.2. The molecule has 1 N–H and O–H groups in total. The van der Waals surface area contributed by atoms with Crippen molar-refractivity contribution in [2.75, 3.05) is 0 Å². The Balaban J connectivity index is 1.41. The molecule has 0 spiro atoms. The number of carbonyl (C=O) groups excluding carboxylic acids is 1. The van der Waals surface area contributed by atoms with Crippen molar-refractivity contribution in [3.05, 3.63) is 107 Å². The molecule has 4 aromatic rings. The minimum atomic E-state index is -0.408. The molecule has 0 aliphatic carbocycles. The van der Waals surface area contributed by atoms with Gasteiger partial charge in [-0.25, -0.2) is 9.89 Å². The maximum atomic E-state index is 12.1. The summed E-state index contributed by atoms with van der Waals surface area (Å²) < 4.78 is 13.0.